The molecule has 0 radical (unpaired) electrons. The van der Waals surface area contributed by atoms with E-state index >= 15 is 0 Å². The topological polar surface area (TPSA) is 57.4 Å². The van der Waals surface area contributed by atoms with Gasteiger partial charge in [0, 0.05) is 30.2 Å². The predicted molar refractivity (Wildman–Crippen MR) is 66.7 cm³/mol. The number of rotatable bonds is 3. The Labute approximate surface area is 104 Å². The fourth-order valence-electron chi connectivity index (χ4n) is 1.34. The molecule has 0 spiro atoms. The van der Waals surface area contributed by atoms with E-state index in [9.17, 15) is 0 Å². The molecule has 5 heteroatoms. The highest BCUT2D eigenvalue weighted by Crippen LogP contribution is 2.35. The van der Waals surface area contributed by atoms with Crippen LogP contribution in [0.25, 0.3) is 0 Å². The van der Waals surface area contributed by atoms with Crippen LogP contribution in [0.2, 0.25) is 5.02 Å². The minimum atomic E-state index is 0.428. The first-order chi connectivity index (χ1) is 8.20. The minimum absolute atomic E-state index is 0.428. The lowest BCUT2D eigenvalue weighted by Gasteiger charge is -2.11. The third kappa shape index (κ3) is 2.60. The molecule has 0 saturated heterocycles. The number of pyridine rings is 1. The van der Waals surface area contributed by atoms with Crippen LogP contribution in [0.15, 0.2) is 36.7 Å². The highest BCUT2D eigenvalue weighted by atomic mass is 35.5. The average molecular weight is 251 g/mol. The van der Waals surface area contributed by atoms with Crippen LogP contribution in [0.4, 0.5) is 5.69 Å². The van der Waals surface area contributed by atoms with E-state index in [1.165, 1.54) is 6.20 Å². The maximum absolute atomic E-state index is 5.95. The van der Waals surface area contributed by atoms with Gasteiger partial charge in [0.25, 0.3) is 0 Å². The molecular weight excluding hydrogens is 240 g/mol. The van der Waals surface area contributed by atoms with Crippen LogP contribution >= 0.6 is 11.6 Å². The molecule has 0 aliphatic carbocycles. The van der Waals surface area contributed by atoms with Gasteiger partial charge in [0.05, 0.1) is 7.11 Å². The van der Waals surface area contributed by atoms with E-state index in [0.717, 1.165) is 0 Å². The second kappa shape index (κ2) is 4.93. The van der Waals surface area contributed by atoms with Gasteiger partial charge in [0.1, 0.15) is 10.8 Å². The molecule has 2 N–H and O–H groups in total. The minimum Gasteiger partial charge on any atom is -0.493 e. The van der Waals surface area contributed by atoms with Gasteiger partial charge in [-0.05, 0) is 12.1 Å². The molecule has 1 heterocycles. The van der Waals surface area contributed by atoms with Crippen molar-refractivity contribution in [2.24, 2.45) is 0 Å². The molecule has 0 atom stereocenters. The SMILES string of the molecule is COc1ccc(N)cc1Oc1ccncc1Cl. The number of anilines is 1. The predicted octanol–water partition coefficient (Wildman–Crippen LogP) is 3.12. The quantitative estimate of drug-likeness (QED) is 0.851. The monoisotopic (exact) mass is 250 g/mol. The third-order valence-corrected chi connectivity index (χ3v) is 2.43. The van der Waals surface area contributed by atoms with Crippen molar-refractivity contribution in [1.29, 1.82) is 0 Å². The largest absolute Gasteiger partial charge is 0.493 e. The molecule has 0 saturated carbocycles. The highest BCUT2D eigenvalue weighted by molar-refractivity contribution is 6.31. The number of hydrogen-bond donors (Lipinski definition) is 1. The normalized spacial score (nSPS) is 10.0. The van der Waals surface area contributed by atoms with E-state index < -0.39 is 0 Å². The Bertz CT molecular complexity index is 532. The highest BCUT2D eigenvalue weighted by Gasteiger charge is 2.08. The molecule has 17 heavy (non-hydrogen) atoms. The van der Waals surface area contributed by atoms with Gasteiger partial charge >= 0.3 is 0 Å². The van der Waals surface area contributed by atoms with Crippen molar-refractivity contribution in [1.82, 2.24) is 4.98 Å². The first-order valence-corrected chi connectivity index (χ1v) is 5.29. The van der Waals surface area contributed by atoms with Crippen molar-refractivity contribution in [3.8, 4) is 17.2 Å². The van der Waals surface area contributed by atoms with Crippen molar-refractivity contribution < 1.29 is 9.47 Å². The van der Waals surface area contributed by atoms with Crippen LogP contribution in [-0.4, -0.2) is 12.1 Å². The number of methoxy groups -OCH3 is 1. The Hall–Kier alpha value is -1.94. The maximum Gasteiger partial charge on any atom is 0.171 e. The molecular formula is C12H11ClN2O2. The van der Waals surface area contributed by atoms with Gasteiger partial charge in [0.15, 0.2) is 11.5 Å². The Morgan fingerprint density at radius 2 is 2.00 bits per heavy atom. The lowest BCUT2D eigenvalue weighted by atomic mass is 10.3. The van der Waals surface area contributed by atoms with Crippen LogP contribution < -0.4 is 15.2 Å². The summed E-state index contributed by atoms with van der Waals surface area (Å²) in [5, 5.41) is 0.428. The molecule has 2 aromatic rings. The molecule has 2 rings (SSSR count). The maximum atomic E-state index is 5.95. The Morgan fingerprint density at radius 3 is 2.71 bits per heavy atom. The van der Waals surface area contributed by atoms with Crippen LogP contribution in [0.3, 0.4) is 0 Å². The fraction of sp³-hybridized carbons (Fsp3) is 0.0833. The Morgan fingerprint density at radius 1 is 1.18 bits per heavy atom. The average Bonchev–Trinajstić information content (AvgIpc) is 2.32. The molecule has 0 bridgehead atoms. The number of nitrogens with two attached hydrogens (primary N) is 1. The summed E-state index contributed by atoms with van der Waals surface area (Å²) in [5.74, 6) is 1.61. The van der Waals surface area contributed by atoms with Gasteiger partial charge in [-0.25, -0.2) is 0 Å². The van der Waals surface area contributed by atoms with Crippen LogP contribution in [0.5, 0.6) is 17.2 Å². The first-order valence-electron chi connectivity index (χ1n) is 4.91. The number of nitrogen functional groups attached to an aromatic ring is 1. The second-order valence-electron chi connectivity index (χ2n) is 3.32. The molecule has 0 unspecified atom stereocenters. The summed E-state index contributed by atoms with van der Waals surface area (Å²) >= 11 is 5.95. The lowest BCUT2D eigenvalue weighted by Crippen LogP contribution is -1.93. The van der Waals surface area contributed by atoms with Crippen molar-refractivity contribution in [3.63, 3.8) is 0 Å². The summed E-state index contributed by atoms with van der Waals surface area (Å²) in [6.07, 6.45) is 3.11. The number of nitrogens with zero attached hydrogens (tertiary/aromatic N) is 1. The van der Waals surface area contributed by atoms with Crippen LogP contribution in [-0.2, 0) is 0 Å². The van der Waals surface area contributed by atoms with Gasteiger partial charge < -0.3 is 15.2 Å². The summed E-state index contributed by atoms with van der Waals surface area (Å²) in [7, 11) is 1.56. The van der Waals surface area contributed by atoms with E-state index in [1.54, 1.807) is 37.6 Å². The van der Waals surface area contributed by atoms with Crippen LogP contribution in [0.1, 0.15) is 0 Å². The van der Waals surface area contributed by atoms with Gasteiger partial charge in [-0.1, -0.05) is 11.6 Å². The third-order valence-electron chi connectivity index (χ3n) is 2.14. The fourth-order valence-corrected chi connectivity index (χ4v) is 1.49. The van der Waals surface area contributed by atoms with E-state index in [0.29, 0.717) is 28.0 Å². The molecule has 0 amide bonds. The smallest absolute Gasteiger partial charge is 0.171 e. The number of aromatic nitrogens is 1. The van der Waals surface area contributed by atoms with Crippen molar-refractivity contribution in [3.05, 3.63) is 41.7 Å². The van der Waals surface area contributed by atoms with E-state index in [1.807, 2.05) is 0 Å². The van der Waals surface area contributed by atoms with Gasteiger partial charge in [-0.2, -0.15) is 0 Å². The summed E-state index contributed by atoms with van der Waals surface area (Å²) in [6, 6.07) is 6.82. The van der Waals surface area contributed by atoms with E-state index in [2.05, 4.69) is 4.98 Å². The number of halogens is 1. The first kappa shape index (κ1) is 11.5. The van der Waals surface area contributed by atoms with Crippen molar-refractivity contribution in [2.75, 3.05) is 12.8 Å². The Kier molecular flexibility index (Phi) is 3.35. The van der Waals surface area contributed by atoms with Crippen molar-refractivity contribution >= 4 is 17.3 Å². The summed E-state index contributed by atoms with van der Waals surface area (Å²) in [6.45, 7) is 0. The molecule has 4 nitrogen and oxygen atoms in total. The lowest BCUT2D eigenvalue weighted by molar-refractivity contribution is 0.379. The zero-order valence-electron chi connectivity index (χ0n) is 9.18. The number of ether oxygens (including phenoxy) is 2. The van der Waals surface area contributed by atoms with E-state index in [-0.39, 0.29) is 0 Å². The summed E-state index contributed by atoms with van der Waals surface area (Å²) in [5.41, 5.74) is 6.28. The van der Waals surface area contributed by atoms with Crippen molar-refractivity contribution in [2.45, 2.75) is 0 Å². The van der Waals surface area contributed by atoms with Gasteiger partial charge in [-0.15, -0.1) is 0 Å². The summed E-state index contributed by atoms with van der Waals surface area (Å²) in [4.78, 5) is 3.88. The standard InChI is InChI=1S/C12H11ClN2O2/c1-16-11-3-2-8(14)6-12(11)17-10-4-5-15-7-9(10)13/h2-7H,14H2,1H3. The van der Waals surface area contributed by atoms with Gasteiger partial charge in [0.2, 0.25) is 0 Å². The molecule has 88 valence electrons. The summed E-state index contributed by atoms with van der Waals surface area (Å²) < 4.78 is 10.8. The molecule has 0 aliphatic rings. The number of benzene rings is 1. The Balaban J connectivity index is 2.35. The zero-order valence-corrected chi connectivity index (χ0v) is 9.94. The second-order valence-corrected chi connectivity index (χ2v) is 3.73. The number of hydrogen-bond acceptors (Lipinski definition) is 4. The molecule has 0 fully saturated rings. The van der Waals surface area contributed by atoms with Crippen LogP contribution in [0, 0.1) is 0 Å². The van der Waals surface area contributed by atoms with E-state index in [4.69, 9.17) is 26.8 Å². The zero-order chi connectivity index (χ0) is 12.3. The van der Waals surface area contributed by atoms with Gasteiger partial charge in [-0.3, -0.25) is 4.98 Å². The molecule has 1 aromatic heterocycles. The molecule has 1 aromatic carbocycles. The molecule has 0 aliphatic heterocycles.